The van der Waals surface area contributed by atoms with Crippen LogP contribution in [0.15, 0.2) is 29.5 Å². The predicted molar refractivity (Wildman–Crippen MR) is 39.5 cm³/mol. The Kier molecular flexibility index (Phi) is 6.14. The van der Waals surface area contributed by atoms with Gasteiger partial charge in [0, 0.05) is 0 Å². The van der Waals surface area contributed by atoms with Gasteiger partial charge in [0.05, 0.1) is 6.21 Å². The summed E-state index contributed by atoms with van der Waals surface area (Å²) in [4.78, 5) is 4.42. The van der Waals surface area contributed by atoms with Crippen LogP contribution in [0.5, 0.6) is 0 Å². The molecule has 0 atom stereocenters. The van der Waals surface area contributed by atoms with Crippen LogP contribution in [0.2, 0.25) is 0 Å². The van der Waals surface area contributed by atoms with Crippen LogP contribution in [0.4, 0.5) is 0 Å². The van der Waals surface area contributed by atoms with Crippen molar-refractivity contribution in [3.05, 3.63) is 24.3 Å². The molecule has 0 aliphatic heterocycles. The molecule has 0 saturated carbocycles. The Balaban J connectivity index is 3.35. The summed E-state index contributed by atoms with van der Waals surface area (Å²) in [5, 5.41) is 3.50. The largest absolute Gasteiger partial charge is 0.399 e. The van der Waals surface area contributed by atoms with E-state index in [0.717, 1.165) is 0 Å². The van der Waals surface area contributed by atoms with Gasteiger partial charge in [-0.15, -0.1) is 0 Å². The van der Waals surface area contributed by atoms with Gasteiger partial charge in [-0.2, -0.15) is 0 Å². The lowest BCUT2D eigenvalue weighted by Crippen LogP contribution is -1.67. The lowest BCUT2D eigenvalue weighted by molar-refractivity contribution is 0.215. The molecule has 0 fully saturated rings. The van der Waals surface area contributed by atoms with Crippen LogP contribution in [0.25, 0.3) is 0 Å². The van der Waals surface area contributed by atoms with Crippen molar-refractivity contribution >= 4 is 6.21 Å². The SMILES string of the molecule is C/C=C/C=C/C=N/OC. The zero-order chi connectivity index (χ0) is 6.95. The summed E-state index contributed by atoms with van der Waals surface area (Å²) < 4.78 is 0. The van der Waals surface area contributed by atoms with Crippen LogP contribution < -0.4 is 0 Å². The van der Waals surface area contributed by atoms with E-state index in [1.807, 2.05) is 25.2 Å². The Morgan fingerprint density at radius 2 is 2.00 bits per heavy atom. The molecule has 0 aromatic rings. The monoisotopic (exact) mass is 125 g/mol. The highest BCUT2D eigenvalue weighted by molar-refractivity contribution is 5.70. The fourth-order valence-corrected chi connectivity index (χ4v) is 0.321. The minimum absolute atomic E-state index is 1.51. The molecule has 0 radical (unpaired) electrons. The minimum Gasteiger partial charge on any atom is -0.399 e. The van der Waals surface area contributed by atoms with Crippen molar-refractivity contribution in [2.75, 3.05) is 7.11 Å². The van der Waals surface area contributed by atoms with E-state index in [0.29, 0.717) is 0 Å². The maximum Gasteiger partial charge on any atom is 0.106 e. The van der Waals surface area contributed by atoms with Crippen molar-refractivity contribution in [3.8, 4) is 0 Å². The number of allylic oxidation sites excluding steroid dienone is 4. The maximum absolute atomic E-state index is 4.42. The molecule has 0 aromatic carbocycles. The van der Waals surface area contributed by atoms with Gasteiger partial charge in [0.1, 0.15) is 7.11 Å². The predicted octanol–water partition coefficient (Wildman–Crippen LogP) is 1.75. The molecule has 0 aliphatic rings. The normalized spacial score (nSPS) is 12.2. The summed E-state index contributed by atoms with van der Waals surface area (Å²) in [7, 11) is 1.51. The number of hydrogen-bond donors (Lipinski definition) is 0. The van der Waals surface area contributed by atoms with Crippen LogP contribution in [0.3, 0.4) is 0 Å². The van der Waals surface area contributed by atoms with Crippen molar-refractivity contribution in [2.24, 2.45) is 5.16 Å². The average Bonchev–Trinajstić information content (AvgIpc) is 1.89. The first kappa shape index (κ1) is 7.95. The molecule has 0 spiro atoms. The third-order valence-electron chi connectivity index (χ3n) is 0.667. The third kappa shape index (κ3) is 6.95. The first-order chi connectivity index (χ1) is 4.41. The van der Waals surface area contributed by atoms with E-state index in [9.17, 15) is 0 Å². The van der Waals surface area contributed by atoms with Gasteiger partial charge in [-0.05, 0) is 13.0 Å². The van der Waals surface area contributed by atoms with Crippen molar-refractivity contribution in [3.63, 3.8) is 0 Å². The summed E-state index contributed by atoms with van der Waals surface area (Å²) in [5.41, 5.74) is 0. The highest BCUT2D eigenvalue weighted by atomic mass is 16.6. The molecule has 0 aliphatic carbocycles. The fraction of sp³-hybridized carbons (Fsp3) is 0.286. The minimum atomic E-state index is 1.51. The van der Waals surface area contributed by atoms with Gasteiger partial charge in [0.15, 0.2) is 0 Å². The summed E-state index contributed by atoms with van der Waals surface area (Å²) in [6.07, 6.45) is 9.12. The van der Waals surface area contributed by atoms with Gasteiger partial charge in [0.25, 0.3) is 0 Å². The Morgan fingerprint density at radius 3 is 2.56 bits per heavy atom. The zero-order valence-corrected chi connectivity index (χ0v) is 5.74. The standard InChI is InChI=1S/C7H11NO/c1-3-4-5-6-7-8-9-2/h3-7H,1-2H3/b4-3+,6-5+,8-7+. The van der Waals surface area contributed by atoms with Crippen LogP contribution >= 0.6 is 0 Å². The Bertz CT molecular complexity index is 125. The molecule has 0 aromatic heterocycles. The highest BCUT2D eigenvalue weighted by Crippen LogP contribution is 1.73. The summed E-state index contributed by atoms with van der Waals surface area (Å²) >= 11 is 0. The van der Waals surface area contributed by atoms with E-state index < -0.39 is 0 Å². The fourth-order valence-electron chi connectivity index (χ4n) is 0.321. The lowest BCUT2D eigenvalue weighted by Gasteiger charge is -1.78. The van der Waals surface area contributed by atoms with E-state index in [2.05, 4.69) is 9.99 Å². The first-order valence-corrected chi connectivity index (χ1v) is 2.76. The first-order valence-electron chi connectivity index (χ1n) is 2.76. The summed E-state index contributed by atoms with van der Waals surface area (Å²) in [6.45, 7) is 1.96. The van der Waals surface area contributed by atoms with Gasteiger partial charge in [-0.25, -0.2) is 0 Å². The molecule has 9 heavy (non-hydrogen) atoms. The third-order valence-corrected chi connectivity index (χ3v) is 0.667. The average molecular weight is 125 g/mol. The van der Waals surface area contributed by atoms with E-state index in [1.165, 1.54) is 7.11 Å². The van der Waals surface area contributed by atoms with Crippen molar-refractivity contribution in [2.45, 2.75) is 6.92 Å². The quantitative estimate of drug-likeness (QED) is 0.320. The Labute approximate surface area is 55.5 Å². The van der Waals surface area contributed by atoms with E-state index >= 15 is 0 Å². The Morgan fingerprint density at radius 1 is 1.22 bits per heavy atom. The van der Waals surface area contributed by atoms with Crippen molar-refractivity contribution < 1.29 is 4.84 Å². The van der Waals surface area contributed by atoms with Crippen LogP contribution in [0.1, 0.15) is 6.92 Å². The van der Waals surface area contributed by atoms with Crippen LogP contribution in [-0.4, -0.2) is 13.3 Å². The molecule has 0 heterocycles. The van der Waals surface area contributed by atoms with Crippen molar-refractivity contribution in [1.29, 1.82) is 0 Å². The van der Waals surface area contributed by atoms with Gasteiger partial charge >= 0.3 is 0 Å². The molecule has 2 heteroatoms. The lowest BCUT2D eigenvalue weighted by atomic mass is 10.4. The molecular formula is C7H11NO. The molecular weight excluding hydrogens is 114 g/mol. The topological polar surface area (TPSA) is 21.6 Å². The van der Waals surface area contributed by atoms with E-state index in [-0.39, 0.29) is 0 Å². The zero-order valence-electron chi connectivity index (χ0n) is 5.74. The molecule has 0 unspecified atom stereocenters. The molecule has 0 N–H and O–H groups in total. The highest BCUT2D eigenvalue weighted by Gasteiger charge is 1.60. The summed E-state index contributed by atoms with van der Waals surface area (Å²) in [5.74, 6) is 0. The van der Waals surface area contributed by atoms with Gasteiger partial charge in [-0.3, -0.25) is 0 Å². The van der Waals surface area contributed by atoms with Crippen LogP contribution in [0, 0.1) is 0 Å². The second-order valence-electron chi connectivity index (χ2n) is 1.35. The van der Waals surface area contributed by atoms with Crippen molar-refractivity contribution in [1.82, 2.24) is 0 Å². The smallest absolute Gasteiger partial charge is 0.106 e. The second-order valence-corrected chi connectivity index (χ2v) is 1.35. The molecule has 0 amide bonds. The second kappa shape index (κ2) is 6.95. The summed E-state index contributed by atoms with van der Waals surface area (Å²) in [6, 6.07) is 0. The van der Waals surface area contributed by atoms with Gasteiger partial charge in [-0.1, -0.05) is 23.4 Å². The Hall–Kier alpha value is -1.05. The number of rotatable bonds is 3. The van der Waals surface area contributed by atoms with E-state index in [1.54, 1.807) is 12.3 Å². The molecule has 50 valence electrons. The number of hydrogen-bond acceptors (Lipinski definition) is 2. The number of nitrogens with zero attached hydrogens (tertiary/aromatic N) is 1. The number of oxime groups is 1. The molecule has 2 nitrogen and oxygen atoms in total. The maximum atomic E-state index is 4.42. The molecule has 0 rings (SSSR count). The van der Waals surface area contributed by atoms with Crippen LogP contribution in [-0.2, 0) is 4.84 Å². The molecule has 0 saturated heterocycles. The molecule has 0 bridgehead atoms. The van der Waals surface area contributed by atoms with Gasteiger partial charge < -0.3 is 4.84 Å². The van der Waals surface area contributed by atoms with E-state index in [4.69, 9.17) is 0 Å². The van der Waals surface area contributed by atoms with Gasteiger partial charge in [0.2, 0.25) is 0 Å².